The fraction of sp³-hybridized carbons (Fsp3) is 0.577. The third-order valence-electron chi connectivity index (χ3n) is 7.24. The van der Waals surface area contributed by atoms with Crippen LogP contribution < -0.4 is 5.32 Å². The zero-order valence-corrected chi connectivity index (χ0v) is 21.8. The van der Waals surface area contributed by atoms with E-state index in [1.54, 1.807) is 19.2 Å². The standard InChI is InChI=1S/C26H34F2N4O3S/c1-4-36(34,35)22-6-5-21(29-14-22)13-31-25(33)19-11-20-16-32(24(17(2)3)23(20)30-12-19)15-18-7-9-26(27,28)10-8-18/h5-6,11-12,14,17-18,24H,4,7-10,13,15-16H2,1-3H3,(H,31,33). The fourth-order valence-corrected chi connectivity index (χ4v) is 6.02. The summed E-state index contributed by atoms with van der Waals surface area (Å²) in [6.45, 7) is 7.41. The summed E-state index contributed by atoms with van der Waals surface area (Å²) in [4.78, 5) is 24.1. The van der Waals surface area contributed by atoms with Gasteiger partial charge in [0.2, 0.25) is 5.92 Å². The lowest BCUT2D eigenvalue weighted by atomic mass is 9.86. The van der Waals surface area contributed by atoms with Gasteiger partial charge in [-0.25, -0.2) is 17.2 Å². The second-order valence-electron chi connectivity index (χ2n) is 10.3. The van der Waals surface area contributed by atoms with E-state index in [0.717, 1.165) is 17.8 Å². The second kappa shape index (κ2) is 10.5. The van der Waals surface area contributed by atoms with E-state index >= 15 is 0 Å². The molecule has 0 saturated heterocycles. The van der Waals surface area contributed by atoms with Gasteiger partial charge in [0.25, 0.3) is 5.91 Å². The predicted molar refractivity (Wildman–Crippen MR) is 132 cm³/mol. The number of hydrogen-bond acceptors (Lipinski definition) is 6. The molecule has 1 atom stereocenters. The van der Waals surface area contributed by atoms with Crippen LogP contribution in [0.1, 0.15) is 79.8 Å². The monoisotopic (exact) mass is 520 g/mol. The average Bonchev–Trinajstić information content (AvgIpc) is 3.21. The number of alkyl halides is 2. The Labute approximate surface area is 211 Å². The number of fused-ring (bicyclic) bond motifs is 1. The normalized spacial score (nSPS) is 20.4. The van der Waals surface area contributed by atoms with Crippen LogP contribution in [0.15, 0.2) is 35.5 Å². The van der Waals surface area contributed by atoms with Gasteiger partial charge in [0.05, 0.1) is 40.2 Å². The van der Waals surface area contributed by atoms with Crippen LogP contribution in [0.2, 0.25) is 0 Å². The van der Waals surface area contributed by atoms with Crippen molar-refractivity contribution in [1.82, 2.24) is 20.2 Å². The predicted octanol–water partition coefficient (Wildman–Crippen LogP) is 4.54. The van der Waals surface area contributed by atoms with Gasteiger partial charge in [0.1, 0.15) is 0 Å². The van der Waals surface area contributed by atoms with Crippen LogP contribution in [0.4, 0.5) is 8.78 Å². The molecule has 1 fully saturated rings. The van der Waals surface area contributed by atoms with Crippen molar-refractivity contribution in [2.75, 3.05) is 12.3 Å². The quantitative estimate of drug-likeness (QED) is 0.550. The summed E-state index contributed by atoms with van der Waals surface area (Å²) in [7, 11) is -3.32. The van der Waals surface area contributed by atoms with Gasteiger partial charge in [0.15, 0.2) is 9.84 Å². The highest BCUT2D eigenvalue weighted by molar-refractivity contribution is 7.91. The number of aromatic nitrogens is 2. The van der Waals surface area contributed by atoms with Gasteiger partial charge in [-0.2, -0.15) is 0 Å². The van der Waals surface area contributed by atoms with Gasteiger partial charge in [-0.15, -0.1) is 0 Å². The smallest absolute Gasteiger partial charge is 0.253 e. The molecule has 0 spiro atoms. The summed E-state index contributed by atoms with van der Waals surface area (Å²) in [6, 6.07) is 5.06. The minimum atomic E-state index is -3.32. The Bertz CT molecular complexity index is 1190. The van der Waals surface area contributed by atoms with E-state index in [1.807, 2.05) is 6.07 Å². The van der Waals surface area contributed by atoms with E-state index in [9.17, 15) is 22.0 Å². The molecule has 1 saturated carbocycles. The number of hydrogen-bond donors (Lipinski definition) is 1. The molecule has 196 valence electrons. The fourth-order valence-electron chi connectivity index (χ4n) is 5.20. The number of pyridine rings is 2. The van der Waals surface area contributed by atoms with Gasteiger partial charge < -0.3 is 5.32 Å². The van der Waals surface area contributed by atoms with Crippen LogP contribution >= 0.6 is 0 Å². The van der Waals surface area contributed by atoms with Crippen LogP contribution in [0.25, 0.3) is 0 Å². The highest BCUT2D eigenvalue weighted by Crippen LogP contribution is 2.41. The molecule has 1 aliphatic heterocycles. The molecule has 1 unspecified atom stereocenters. The Morgan fingerprint density at radius 1 is 1.19 bits per heavy atom. The summed E-state index contributed by atoms with van der Waals surface area (Å²) in [5.41, 5.74) is 2.95. The maximum Gasteiger partial charge on any atom is 0.253 e. The average molecular weight is 521 g/mol. The number of sulfone groups is 1. The molecule has 7 nitrogen and oxygen atoms in total. The van der Waals surface area contributed by atoms with Crippen molar-refractivity contribution >= 4 is 15.7 Å². The number of carbonyl (C=O) groups excluding carboxylic acids is 1. The van der Waals surface area contributed by atoms with E-state index in [4.69, 9.17) is 0 Å². The summed E-state index contributed by atoms with van der Waals surface area (Å²) in [5.74, 6) is -2.27. The Balaban J connectivity index is 1.40. The topological polar surface area (TPSA) is 92.3 Å². The Morgan fingerprint density at radius 3 is 2.53 bits per heavy atom. The van der Waals surface area contributed by atoms with E-state index in [2.05, 4.69) is 34.0 Å². The molecule has 4 rings (SSSR count). The van der Waals surface area contributed by atoms with E-state index < -0.39 is 15.8 Å². The molecule has 3 heterocycles. The third-order valence-corrected chi connectivity index (χ3v) is 8.96. The number of rotatable bonds is 8. The number of halogens is 2. The van der Waals surface area contributed by atoms with E-state index in [-0.39, 0.29) is 47.9 Å². The molecule has 0 bridgehead atoms. The van der Waals surface area contributed by atoms with Crippen LogP contribution in [-0.2, 0) is 22.9 Å². The summed E-state index contributed by atoms with van der Waals surface area (Å²) >= 11 is 0. The van der Waals surface area contributed by atoms with Crippen LogP contribution in [0.3, 0.4) is 0 Å². The second-order valence-corrected chi connectivity index (χ2v) is 12.5. The van der Waals surface area contributed by atoms with E-state index in [1.165, 1.54) is 12.3 Å². The molecule has 0 radical (unpaired) electrons. The summed E-state index contributed by atoms with van der Waals surface area (Å²) in [5, 5.41) is 2.82. The van der Waals surface area contributed by atoms with Crippen LogP contribution in [0, 0.1) is 11.8 Å². The minimum Gasteiger partial charge on any atom is -0.346 e. The molecular weight excluding hydrogens is 486 g/mol. The highest BCUT2D eigenvalue weighted by Gasteiger charge is 2.39. The molecule has 2 aromatic heterocycles. The molecule has 2 aliphatic rings. The van der Waals surface area contributed by atoms with Crippen molar-refractivity contribution in [2.24, 2.45) is 11.8 Å². The largest absolute Gasteiger partial charge is 0.346 e. The van der Waals surface area contributed by atoms with Crippen molar-refractivity contribution in [3.63, 3.8) is 0 Å². The lowest BCUT2D eigenvalue weighted by molar-refractivity contribution is -0.0506. The Morgan fingerprint density at radius 2 is 1.92 bits per heavy atom. The summed E-state index contributed by atoms with van der Waals surface area (Å²) in [6.07, 6.45) is 3.87. The first kappa shape index (κ1) is 26.6. The summed E-state index contributed by atoms with van der Waals surface area (Å²) < 4.78 is 51.0. The van der Waals surface area contributed by atoms with Gasteiger partial charge in [0, 0.05) is 38.3 Å². The molecule has 10 heteroatoms. The lowest BCUT2D eigenvalue weighted by Gasteiger charge is -2.34. The van der Waals surface area contributed by atoms with Gasteiger partial charge in [-0.1, -0.05) is 20.8 Å². The molecule has 2 aromatic rings. The van der Waals surface area contributed by atoms with Gasteiger partial charge >= 0.3 is 0 Å². The first-order valence-electron chi connectivity index (χ1n) is 12.6. The number of nitrogens with zero attached hydrogens (tertiary/aromatic N) is 3. The molecular formula is C26H34F2N4O3S. The van der Waals surface area contributed by atoms with Crippen molar-refractivity contribution in [2.45, 2.75) is 76.4 Å². The first-order chi connectivity index (χ1) is 17.0. The number of amides is 1. The highest BCUT2D eigenvalue weighted by atomic mass is 32.2. The molecule has 1 aliphatic carbocycles. The van der Waals surface area contributed by atoms with Crippen LogP contribution in [0.5, 0.6) is 0 Å². The maximum atomic E-state index is 13.6. The van der Waals surface area contributed by atoms with Gasteiger partial charge in [-0.3, -0.25) is 19.7 Å². The SMILES string of the molecule is CCS(=O)(=O)c1ccc(CNC(=O)c2cnc3c(c2)CN(CC2CCC(F)(F)CC2)C3C(C)C)nc1. The van der Waals surface area contributed by atoms with E-state index in [0.29, 0.717) is 36.6 Å². The minimum absolute atomic E-state index is 0.00177. The van der Waals surface area contributed by atoms with Gasteiger partial charge in [-0.05, 0) is 48.4 Å². The number of nitrogens with one attached hydrogen (secondary N) is 1. The lowest BCUT2D eigenvalue weighted by Crippen LogP contribution is -2.34. The molecule has 0 aromatic carbocycles. The van der Waals surface area contributed by atoms with Crippen molar-refractivity contribution in [3.05, 3.63) is 53.1 Å². The Kier molecular flexibility index (Phi) is 7.75. The maximum absolute atomic E-state index is 13.6. The zero-order valence-electron chi connectivity index (χ0n) is 21.0. The van der Waals surface area contributed by atoms with Crippen LogP contribution in [-0.4, -0.2) is 47.4 Å². The van der Waals surface area contributed by atoms with Crippen molar-refractivity contribution < 1.29 is 22.0 Å². The first-order valence-corrected chi connectivity index (χ1v) is 14.2. The third kappa shape index (κ3) is 5.91. The molecule has 1 N–H and O–H groups in total. The molecule has 1 amide bonds. The zero-order chi connectivity index (χ0) is 26.1. The number of carbonyl (C=O) groups is 1. The Hall–Kier alpha value is -2.46. The van der Waals surface area contributed by atoms with Crippen molar-refractivity contribution in [1.29, 1.82) is 0 Å². The van der Waals surface area contributed by atoms with Crippen molar-refractivity contribution in [3.8, 4) is 0 Å². The molecule has 36 heavy (non-hydrogen) atoms.